The number of sulfonamides is 1. The molecule has 0 radical (unpaired) electrons. The molecule has 12 nitrogen and oxygen atoms in total. The lowest BCUT2D eigenvalue weighted by Crippen LogP contribution is -2.48. The van der Waals surface area contributed by atoms with Crippen molar-refractivity contribution in [2.45, 2.75) is 76.0 Å². The molecule has 288 valence electrons. The largest absolute Gasteiger partial charge is 0.493 e. The zero-order valence-corrected chi connectivity index (χ0v) is 32.2. The van der Waals surface area contributed by atoms with Gasteiger partial charge in [0.15, 0.2) is 5.75 Å². The van der Waals surface area contributed by atoms with Crippen molar-refractivity contribution in [3.8, 4) is 17.2 Å². The molecule has 4 saturated carbocycles. The average Bonchev–Trinajstić information content (AvgIpc) is 3.34. The SMILES string of the molecule is CCCOc1cccc(Oc2cc3c(cc2NS(=O)(=O)c2cccc(C(=O)NCCCCNC(=O)CC45CC6CC(CC(C6)C4)C5)c2)n(C)c(=O)n3C)c1. The Morgan fingerprint density at radius 2 is 1.46 bits per heavy atom. The number of fused-ring (bicyclic) bond motifs is 1. The normalized spacial score (nSPS) is 21.6. The van der Waals surface area contributed by atoms with Crippen LogP contribution in [-0.4, -0.2) is 49.1 Å². The molecule has 3 N–H and O–H groups in total. The summed E-state index contributed by atoms with van der Waals surface area (Å²) in [6, 6.07) is 16.0. The molecule has 4 aromatic rings. The standard InChI is InChI=1S/C41H51N5O7S/c1-4-15-52-31-10-8-11-32(20-31)53-37-22-36-35(45(2)40(49)46(36)3)21-34(37)44-54(50,51)33-12-7-9-30(19-33)39(48)43-14-6-5-13-42-38(47)26-41-23-27-16-28(24-41)18-29(17-27)25-41/h7-12,19-22,27-29,44H,4-6,13-18,23-26H2,1-3H3,(H,42,47)(H,43,48). The van der Waals surface area contributed by atoms with Crippen LogP contribution < -0.4 is 30.5 Å². The van der Waals surface area contributed by atoms with Gasteiger partial charge in [0.05, 0.1) is 28.2 Å². The van der Waals surface area contributed by atoms with E-state index in [1.165, 1.54) is 65.9 Å². The Kier molecular flexibility index (Phi) is 10.8. The number of nitrogens with zero attached hydrogens (tertiary/aromatic N) is 2. The summed E-state index contributed by atoms with van der Waals surface area (Å²) in [5, 5.41) is 5.98. The molecule has 3 aromatic carbocycles. The molecule has 1 heterocycles. The van der Waals surface area contributed by atoms with Gasteiger partial charge in [-0.15, -0.1) is 0 Å². The first kappa shape index (κ1) is 37.5. The number of rotatable bonds is 16. The highest BCUT2D eigenvalue weighted by molar-refractivity contribution is 7.92. The maximum absolute atomic E-state index is 13.8. The van der Waals surface area contributed by atoms with Crippen molar-refractivity contribution in [3.05, 3.63) is 76.7 Å². The number of amides is 2. The summed E-state index contributed by atoms with van der Waals surface area (Å²) >= 11 is 0. The summed E-state index contributed by atoms with van der Waals surface area (Å²) in [6.07, 6.45) is 10.6. The zero-order chi connectivity index (χ0) is 38.0. The van der Waals surface area contributed by atoms with E-state index < -0.39 is 15.9 Å². The third kappa shape index (κ3) is 8.15. The summed E-state index contributed by atoms with van der Waals surface area (Å²) in [5.74, 6) is 3.41. The van der Waals surface area contributed by atoms with Gasteiger partial charge < -0.3 is 20.1 Å². The predicted molar refractivity (Wildman–Crippen MR) is 208 cm³/mol. The van der Waals surface area contributed by atoms with Gasteiger partial charge in [-0.1, -0.05) is 19.1 Å². The maximum atomic E-state index is 13.8. The molecule has 0 atom stereocenters. The van der Waals surface area contributed by atoms with Gasteiger partial charge in [0.1, 0.15) is 11.5 Å². The number of hydrogen-bond acceptors (Lipinski definition) is 7. The lowest BCUT2D eigenvalue weighted by Gasteiger charge is -2.56. The topological polar surface area (TPSA) is 150 Å². The summed E-state index contributed by atoms with van der Waals surface area (Å²) in [5.41, 5.74) is 1.31. The Morgan fingerprint density at radius 3 is 2.15 bits per heavy atom. The molecule has 1 aromatic heterocycles. The number of carbonyl (C=O) groups is 2. The van der Waals surface area contributed by atoms with Gasteiger partial charge in [0, 0.05) is 51.3 Å². The minimum atomic E-state index is -4.22. The van der Waals surface area contributed by atoms with Crippen molar-refractivity contribution in [3.63, 3.8) is 0 Å². The number of anilines is 1. The molecule has 0 unspecified atom stereocenters. The monoisotopic (exact) mass is 757 g/mol. The fourth-order valence-electron chi connectivity index (χ4n) is 9.36. The first-order chi connectivity index (χ1) is 25.9. The molecular formula is C41H51N5O7S. The van der Waals surface area contributed by atoms with Gasteiger partial charge >= 0.3 is 5.69 Å². The molecular weight excluding hydrogens is 707 g/mol. The highest BCUT2D eigenvalue weighted by atomic mass is 32.2. The first-order valence-electron chi connectivity index (χ1n) is 19.2. The van der Waals surface area contributed by atoms with Crippen LogP contribution in [0.3, 0.4) is 0 Å². The third-order valence-electron chi connectivity index (χ3n) is 11.4. The van der Waals surface area contributed by atoms with Crippen molar-refractivity contribution in [1.29, 1.82) is 0 Å². The van der Waals surface area contributed by atoms with Gasteiger partial charge in [0.25, 0.3) is 15.9 Å². The van der Waals surface area contributed by atoms with Crippen LogP contribution in [0.15, 0.2) is 70.4 Å². The first-order valence-corrected chi connectivity index (χ1v) is 20.7. The number of aryl methyl sites for hydroxylation is 2. The van der Waals surface area contributed by atoms with E-state index in [1.807, 2.05) is 13.0 Å². The molecule has 0 spiro atoms. The fraction of sp³-hybridized carbons (Fsp3) is 0.488. The van der Waals surface area contributed by atoms with E-state index in [0.717, 1.165) is 30.6 Å². The van der Waals surface area contributed by atoms with Gasteiger partial charge in [0.2, 0.25) is 5.91 Å². The van der Waals surface area contributed by atoms with Crippen LogP contribution in [0.1, 0.15) is 81.5 Å². The summed E-state index contributed by atoms with van der Waals surface area (Å²) in [6.45, 7) is 3.49. The predicted octanol–water partition coefficient (Wildman–Crippen LogP) is 6.49. The Balaban J connectivity index is 0.963. The summed E-state index contributed by atoms with van der Waals surface area (Å²) in [4.78, 5) is 38.6. The molecule has 4 fully saturated rings. The molecule has 4 aliphatic rings. The molecule has 4 bridgehead atoms. The number of imidazole rings is 1. The lowest BCUT2D eigenvalue weighted by molar-refractivity contribution is -0.129. The molecule has 4 aliphatic carbocycles. The Bertz CT molecular complexity index is 2170. The van der Waals surface area contributed by atoms with Crippen LogP contribution in [-0.2, 0) is 28.9 Å². The van der Waals surface area contributed by atoms with Crippen molar-refractivity contribution < 1.29 is 27.5 Å². The molecule has 8 rings (SSSR count). The number of nitrogens with one attached hydrogen (secondary N) is 3. The third-order valence-corrected chi connectivity index (χ3v) is 12.8. The second-order valence-electron chi connectivity index (χ2n) is 15.7. The Labute approximate surface area is 316 Å². The molecule has 0 aliphatic heterocycles. The zero-order valence-electron chi connectivity index (χ0n) is 31.4. The van der Waals surface area contributed by atoms with Crippen LogP contribution in [0.4, 0.5) is 5.69 Å². The van der Waals surface area contributed by atoms with Crippen molar-refractivity contribution in [2.24, 2.45) is 37.3 Å². The number of ether oxygens (including phenoxy) is 2. The summed E-state index contributed by atoms with van der Waals surface area (Å²) < 4.78 is 45.1. The van der Waals surface area contributed by atoms with Gasteiger partial charge in [-0.3, -0.25) is 23.4 Å². The van der Waals surface area contributed by atoms with E-state index in [0.29, 0.717) is 55.1 Å². The Morgan fingerprint density at radius 1 is 0.833 bits per heavy atom. The number of unbranched alkanes of at least 4 members (excludes halogenated alkanes) is 1. The minimum absolute atomic E-state index is 0.111. The molecule has 0 saturated heterocycles. The number of benzene rings is 3. The van der Waals surface area contributed by atoms with Crippen LogP contribution in [0.5, 0.6) is 17.2 Å². The molecule has 13 heteroatoms. The fourth-order valence-corrected chi connectivity index (χ4v) is 10.5. The van der Waals surface area contributed by atoms with E-state index in [4.69, 9.17) is 9.47 Å². The van der Waals surface area contributed by atoms with Crippen LogP contribution in [0.25, 0.3) is 11.0 Å². The van der Waals surface area contributed by atoms with E-state index in [2.05, 4.69) is 15.4 Å². The van der Waals surface area contributed by atoms with Gasteiger partial charge in [-0.25, -0.2) is 13.2 Å². The van der Waals surface area contributed by atoms with E-state index in [1.54, 1.807) is 50.5 Å². The van der Waals surface area contributed by atoms with E-state index in [-0.39, 0.29) is 38.9 Å². The molecule has 2 amide bonds. The van der Waals surface area contributed by atoms with Gasteiger partial charge in [-0.05, 0) is 117 Å². The number of aromatic nitrogens is 2. The highest BCUT2D eigenvalue weighted by Crippen LogP contribution is 2.61. The number of carbonyl (C=O) groups excluding carboxylic acids is 2. The van der Waals surface area contributed by atoms with Crippen molar-refractivity contribution in [2.75, 3.05) is 24.4 Å². The molecule has 54 heavy (non-hydrogen) atoms. The smallest absolute Gasteiger partial charge is 0.328 e. The van der Waals surface area contributed by atoms with Crippen LogP contribution in [0, 0.1) is 23.2 Å². The van der Waals surface area contributed by atoms with Crippen molar-refractivity contribution >= 4 is 38.6 Å². The van der Waals surface area contributed by atoms with Gasteiger partial charge in [-0.2, -0.15) is 0 Å². The summed E-state index contributed by atoms with van der Waals surface area (Å²) in [7, 11) is -0.971. The second kappa shape index (κ2) is 15.5. The van der Waals surface area contributed by atoms with E-state index >= 15 is 0 Å². The maximum Gasteiger partial charge on any atom is 0.328 e. The Hall–Kier alpha value is -4.78. The van der Waals surface area contributed by atoms with E-state index in [9.17, 15) is 22.8 Å². The van der Waals surface area contributed by atoms with Crippen molar-refractivity contribution in [1.82, 2.24) is 19.8 Å². The quantitative estimate of drug-likeness (QED) is 0.111. The lowest BCUT2D eigenvalue weighted by atomic mass is 9.49. The minimum Gasteiger partial charge on any atom is -0.493 e. The van der Waals surface area contributed by atoms with Crippen LogP contribution >= 0.6 is 0 Å². The highest BCUT2D eigenvalue weighted by Gasteiger charge is 2.51. The van der Waals surface area contributed by atoms with Crippen LogP contribution in [0.2, 0.25) is 0 Å². The second-order valence-corrected chi connectivity index (χ2v) is 17.4. The average molecular weight is 758 g/mol. The number of hydrogen-bond donors (Lipinski definition) is 3.